The Bertz CT molecular complexity index is 463. The highest BCUT2D eigenvalue weighted by atomic mass is 35.5. The van der Waals surface area contributed by atoms with Gasteiger partial charge in [-0.15, -0.1) is 0 Å². The lowest BCUT2D eigenvalue weighted by molar-refractivity contribution is 0.640. The standard InChI is InChI=1S/C10H7ClFN.C2H6/c1-6-4-7-9(13-5-6)3-2-8(11)10(7)12;1-2/h2-5H,1H3;1-2H3. The summed E-state index contributed by atoms with van der Waals surface area (Å²) in [5, 5.41) is 0.618. The van der Waals surface area contributed by atoms with Gasteiger partial charge in [0, 0.05) is 11.6 Å². The van der Waals surface area contributed by atoms with Crippen LogP contribution in [0, 0.1) is 12.7 Å². The van der Waals surface area contributed by atoms with E-state index in [1.807, 2.05) is 20.8 Å². The van der Waals surface area contributed by atoms with Gasteiger partial charge in [0.05, 0.1) is 10.5 Å². The highest BCUT2D eigenvalue weighted by Gasteiger charge is 2.05. The molecule has 80 valence electrons. The molecule has 1 aromatic carbocycles. The first-order chi connectivity index (χ1) is 7.18. The van der Waals surface area contributed by atoms with Crippen LogP contribution in [0.15, 0.2) is 24.4 Å². The van der Waals surface area contributed by atoms with Crippen molar-refractivity contribution in [3.8, 4) is 0 Å². The molecular formula is C12H13ClFN. The summed E-state index contributed by atoms with van der Waals surface area (Å²) in [6, 6.07) is 4.96. The summed E-state index contributed by atoms with van der Waals surface area (Å²) in [4.78, 5) is 4.08. The fourth-order valence-electron chi connectivity index (χ4n) is 1.24. The van der Waals surface area contributed by atoms with Gasteiger partial charge in [0.1, 0.15) is 0 Å². The van der Waals surface area contributed by atoms with Crippen LogP contribution in [-0.2, 0) is 0 Å². The molecule has 0 amide bonds. The van der Waals surface area contributed by atoms with Crippen LogP contribution in [0.1, 0.15) is 19.4 Å². The number of benzene rings is 1. The Labute approximate surface area is 93.9 Å². The van der Waals surface area contributed by atoms with E-state index in [0.717, 1.165) is 5.56 Å². The average molecular weight is 226 g/mol. The van der Waals surface area contributed by atoms with Crippen molar-refractivity contribution in [3.63, 3.8) is 0 Å². The maximum absolute atomic E-state index is 13.4. The number of fused-ring (bicyclic) bond motifs is 1. The largest absolute Gasteiger partial charge is 0.256 e. The van der Waals surface area contributed by atoms with Gasteiger partial charge in [0.15, 0.2) is 5.82 Å². The molecule has 0 saturated heterocycles. The van der Waals surface area contributed by atoms with Gasteiger partial charge in [0.2, 0.25) is 0 Å². The second kappa shape index (κ2) is 5.08. The number of hydrogen-bond donors (Lipinski definition) is 0. The molecule has 0 aliphatic heterocycles. The first kappa shape index (κ1) is 11.9. The summed E-state index contributed by atoms with van der Waals surface area (Å²) >= 11 is 5.64. The van der Waals surface area contributed by atoms with Crippen molar-refractivity contribution in [2.75, 3.05) is 0 Å². The molecule has 3 heteroatoms. The molecule has 0 aliphatic carbocycles. The van der Waals surface area contributed by atoms with Crippen molar-refractivity contribution in [1.29, 1.82) is 0 Å². The molecule has 1 aromatic heterocycles. The zero-order valence-electron chi connectivity index (χ0n) is 9.01. The minimum atomic E-state index is -0.393. The molecule has 2 aromatic rings. The Morgan fingerprint density at radius 3 is 2.60 bits per heavy atom. The van der Waals surface area contributed by atoms with Crippen LogP contribution in [0.5, 0.6) is 0 Å². The van der Waals surface area contributed by atoms with Crippen molar-refractivity contribution < 1.29 is 4.39 Å². The van der Waals surface area contributed by atoms with Crippen molar-refractivity contribution >= 4 is 22.5 Å². The Hall–Kier alpha value is -1.15. The van der Waals surface area contributed by atoms with E-state index in [-0.39, 0.29) is 5.02 Å². The van der Waals surface area contributed by atoms with E-state index < -0.39 is 5.82 Å². The molecule has 0 unspecified atom stereocenters. The average Bonchev–Trinajstić information content (AvgIpc) is 2.27. The van der Waals surface area contributed by atoms with Crippen LogP contribution < -0.4 is 0 Å². The maximum atomic E-state index is 13.4. The normalized spacial score (nSPS) is 9.67. The molecule has 0 atom stereocenters. The first-order valence-electron chi connectivity index (χ1n) is 4.89. The lowest BCUT2D eigenvalue weighted by Crippen LogP contribution is -1.85. The SMILES string of the molecule is CC.Cc1cnc2ccc(Cl)c(F)c2c1. The summed E-state index contributed by atoms with van der Waals surface area (Å²) in [5.74, 6) is -0.393. The third-order valence-electron chi connectivity index (χ3n) is 1.89. The fraction of sp³-hybridized carbons (Fsp3) is 0.250. The van der Waals surface area contributed by atoms with E-state index in [0.29, 0.717) is 10.9 Å². The van der Waals surface area contributed by atoms with Gasteiger partial charge < -0.3 is 0 Å². The van der Waals surface area contributed by atoms with Gasteiger partial charge in [-0.1, -0.05) is 25.4 Å². The van der Waals surface area contributed by atoms with E-state index in [4.69, 9.17) is 11.6 Å². The number of aryl methyl sites for hydroxylation is 1. The van der Waals surface area contributed by atoms with E-state index in [1.54, 1.807) is 18.3 Å². The molecule has 0 saturated carbocycles. The lowest BCUT2D eigenvalue weighted by atomic mass is 10.1. The van der Waals surface area contributed by atoms with Crippen LogP contribution in [0.3, 0.4) is 0 Å². The Morgan fingerprint density at radius 1 is 1.27 bits per heavy atom. The fourth-order valence-corrected chi connectivity index (χ4v) is 1.41. The smallest absolute Gasteiger partial charge is 0.151 e. The Balaban J connectivity index is 0.000000531. The number of halogens is 2. The third kappa shape index (κ3) is 2.45. The van der Waals surface area contributed by atoms with Gasteiger partial charge >= 0.3 is 0 Å². The van der Waals surface area contributed by atoms with E-state index in [1.165, 1.54) is 6.07 Å². The minimum absolute atomic E-state index is 0.139. The monoisotopic (exact) mass is 225 g/mol. The van der Waals surface area contributed by atoms with Crippen molar-refractivity contribution in [3.05, 3.63) is 40.8 Å². The summed E-state index contributed by atoms with van der Waals surface area (Å²) in [6.45, 7) is 5.87. The maximum Gasteiger partial charge on any atom is 0.151 e. The van der Waals surface area contributed by atoms with Gasteiger partial charge in [-0.3, -0.25) is 4.98 Å². The highest BCUT2D eigenvalue weighted by Crippen LogP contribution is 2.23. The molecular weight excluding hydrogens is 213 g/mol. The predicted octanol–water partition coefficient (Wildman–Crippen LogP) is 4.36. The molecule has 0 N–H and O–H groups in total. The quantitative estimate of drug-likeness (QED) is 0.649. The predicted molar refractivity (Wildman–Crippen MR) is 62.8 cm³/mol. The number of hydrogen-bond acceptors (Lipinski definition) is 1. The molecule has 2 rings (SSSR count). The number of aromatic nitrogens is 1. The first-order valence-corrected chi connectivity index (χ1v) is 5.26. The molecule has 1 nitrogen and oxygen atoms in total. The zero-order valence-corrected chi connectivity index (χ0v) is 9.77. The van der Waals surface area contributed by atoms with Crippen LogP contribution in [0.4, 0.5) is 4.39 Å². The van der Waals surface area contributed by atoms with E-state index in [9.17, 15) is 4.39 Å². The second-order valence-electron chi connectivity index (χ2n) is 2.94. The molecule has 0 fully saturated rings. The Kier molecular flexibility index (Phi) is 4.04. The number of nitrogens with zero attached hydrogens (tertiary/aromatic N) is 1. The van der Waals surface area contributed by atoms with Crippen LogP contribution >= 0.6 is 11.6 Å². The third-order valence-corrected chi connectivity index (χ3v) is 2.18. The van der Waals surface area contributed by atoms with Gasteiger partial charge in [-0.25, -0.2) is 4.39 Å². The lowest BCUT2D eigenvalue weighted by Gasteiger charge is -2.01. The zero-order chi connectivity index (χ0) is 11.4. The summed E-state index contributed by atoms with van der Waals surface area (Å²) in [5.41, 5.74) is 1.56. The highest BCUT2D eigenvalue weighted by molar-refractivity contribution is 6.31. The molecule has 1 heterocycles. The van der Waals surface area contributed by atoms with Crippen molar-refractivity contribution in [2.45, 2.75) is 20.8 Å². The van der Waals surface area contributed by atoms with E-state index >= 15 is 0 Å². The number of pyridine rings is 1. The van der Waals surface area contributed by atoms with E-state index in [2.05, 4.69) is 4.98 Å². The van der Waals surface area contributed by atoms with Crippen molar-refractivity contribution in [2.24, 2.45) is 0 Å². The summed E-state index contributed by atoms with van der Waals surface area (Å²) in [7, 11) is 0. The molecule has 15 heavy (non-hydrogen) atoms. The summed E-state index contributed by atoms with van der Waals surface area (Å²) < 4.78 is 13.4. The molecule has 0 spiro atoms. The second-order valence-corrected chi connectivity index (χ2v) is 3.35. The van der Waals surface area contributed by atoms with Crippen LogP contribution in [0.25, 0.3) is 10.9 Å². The molecule has 0 radical (unpaired) electrons. The number of rotatable bonds is 0. The van der Waals surface area contributed by atoms with Gasteiger partial charge in [-0.05, 0) is 30.7 Å². The Morgan fingerprint density at radius 2 is 1.93 bits per heavy atom. The van der Waals surface area contributed by atoms with Crippen LogP contribution in [0.2, 0.25) is 5.02 Å². The summed E-state index contributed by atoms with van der Waals surface area (Å²) in [6.07, 6.45) is 1.70. The topological polar surface area (TPSA) is 12.9 Å². The molecule has 0 bridgehead atoms. The van der Waals surface area contributed by atoms with Crippen LogP contribution in [-0.4, -0.2) is 4.98 Å². The minimum Gasteiger partial charge on any atom is -0.256 e. The van der Waals surface area contributed by atoms with Crippen molar-refractivity contribution in [1.82, 2.24) is 4.98 Å². The molecule has 0 aliphatic rings. The van der Waals surface area contributed by atoms with Gasteiger partial charge in [0.25, 0.3) is 0 Å². The van der Waals surface area contributed by atoms with Gasteiger partial charge in [-0.2, -0.15) is 0 Å².